The fourth-order valence-electron chi connectivity index (χ4n) is 1.62. The van der Waals surface area contributed by atoms with Gasteiger partial charge in [0.15, 0.2) is 5.96 Å². The molecule has 2 rings (SSSR count). The lowest BCUT2D eigenvalue weighted by Gasteiger charge is -2.21. The Hall–Kier alpha value is -0.930. The Bertz CT molecular complexity index is 417. The first kappa shape index (κ1) is 10.6. The number of rotatable bonds is 1. The Morgan fingerprint density at radius 2 is 2.13 bits per heavy atom. The molecule has 1 aromatic rings. The molecule has 1 heterocycles. The lowest BCUT2D eigenvalue weighted by molar-refractivity contribution is 0.414. The second-order valence-corrected chi connectivity index (χ2v) is 4.31. The topological polar surface area (TPSA) is 41.6 Å². The Morgan fingerprint density at radius 1 is 1.40 bits per heavy atom. The van der Waals surface area contributed by atoms with Crippen LogP contribution in [-0.4, -0.2) is 24.5 Å². The van der Waals surface area contributed by atoms with Crippen molar-refractivity contribution in [3.63, 3.8) is 0 Å². The van der Waals surface area contributed by atoms with Gasteiger partial charge in [0.25, 0.3) is 0 Å². The SMILES string of the molecule is CN1C(N)=NCC1c1ccc(Cl)c(Cl)c1. The van der Waals surface area contributed by atoms with Crippen LogP contribution in [0.15, 0.2) is 23.2 Å². The van der Waals surface area contributed by atoms with Crippen LogP contribution in [0.4, 0.5) is 0 Å². The second-order valence-electron chi connectivity index (χ2n) is 3.50. The van der Waals surface area contributed by atoms with Crippen molar-refractivity contribution in [2.24, 2.45) is 10.7 Å². The van der Waals surface area contributed by atoms with E-state index in [0.717, 1.165) is 5.56 Å². The van der Waals surface area contributed by atoms with Crippen LogP contribution in [0.25, 0.3) is 0 Å². The summed E-state index contributed by atoms with van der Waals surface area (Å²) in [5, 5.41) is 1.13. The van der Waals surface area contributed by atoms with Gasteiger partial charge in [-0.05, 0) is 17.7 Å². The molecule has 1 unspecified atom stereocenters. The number of aliphatic imine (C=N–C) groups is 1. The fourth-order valence-corrected chi connectivity index (χ4v) is 1.93. The lowest BCUT2D eigenvalue weighted by Crippen LogP contribution is -2.32. The average molecular weight is 244 g/mol. The summed E-state index contributed by atoms with van der Waals surface area (Å²) in [6.07, 6.45) is 0. The van der Waals surface area contributed by atoms with Crippen molar-refractivity contribution >= 4 is 29.2 Å². The quantitative estimate of drug-likeness (QED) is 0.823. The highest BCUT2D eigenvalue weighted by molar-refractivity contribution is 6.42. The zero-order chi connectivity index (χ0) is 11.0. The molecule has 0 fully saturated rings. The number of guanidine groups is 1. The zero-order valence-electron chi connectivity index (χ0n) is 8.24. The standard InChI is InChI=1S/C10H11Cl2N3/c1-15-9(5-14-10(15)13)6-2-3-7(11)8(12)4-6/h2-4,9H,5H2,1H3,(H2,13,14). The number of likely N-dealkylation sites (N-methyl/N-ethyl adjacent to an activating group) is 1. The number of nitrogens with two attached hydrogens (primary N) is 1. The van der Waals surface area contributed by atoms with Gasteiger partial charge in [-0.3, -0.25) is 4.99 Å². The van der Waals surface area contributed by atoms with E-state index in [9.17, 15) is 0 Å². The van der Waals surface area contributed by atoms with Crippen molar-refractivity contribution in [1.29, 1.82) is 0 Å². The van der Waals surface area contributed by atoms with Gasteiger partial charge in [-0.15, -0.1) is 0 Å². The molecule has 1 aliphatic rings. The number of halogens is 2. The molecule has 0 saturated heterocycles. The van der Waals surface area contributed by atoms with Crippen molar-refractivity contribution in [3.05, 3.63) is 33.8 Å². The third-order valence-electron chi connectivity index (χ3n) is 2.58. The van der Waals surface area contributed by atoms with Crippen molar-refractivity contribution < 1.29 is 0 Å². The summed E-state index contributed by atoms with van der Waals surface area (Å²) in [5.41, 5.74) is 6.77. The summed E-state index contributed by atoms with van der Waals surface area (Å²) in [7, 11) is 1.92. The number of benzene rings is 1. The van der Waals surface area contributed by atoms with Crippen LogP contribution < -0.4 is 5.73 Å². The Morgan fingerprint density at radius 3 is 2.67 bits per heavy atom. The van der Waals surface area contributed by atoms with Gasteiger partial charge < -0.3 is 10.6 Å². The maximum absolute atomic E-state index is 5.96. The van der Waals surface area contributed by atoms with E-state index < -0.39 is 0 Å². The van der Waals surface area contributed by atoms with Crippen LogP contribution in [0.2, 0.25) is 10.0 Å². The number of hydrogen-bond acceptors (Lipinski definition) is 3. The summed E-state index contributed by atoms with van der Waals surface area (Å²) in [6, 6.07) is 5.77. The highest BCUT2D eigenvalue weighted by atomic mass is 35.5. The van der Waals surface area contributed by atoms with Gasteiger partial charge in [-0.2, -0.15) is 0 Å². The molecule has 0 aromatic heterocycles. The van der Waals surface area contributed by atoms with Crippen LogP contribution in [-0.2, 0) is 0 Å². The molecule has 15 heavy (non-hydrogen) atoms. The van der Waals surface area contributed by atoms with Crippen LogP contribution in [0, 0.1) is 0 Å². The zero-order valence-corrected chi connectivity index (χ0v) is 9.76. The average Bonchev–Trinajstić information content (AvgIpc) is 2.53. The van der Waals surface area contributed by atoms with Crippen LogP contribution in [0.5, 0.6) is 0 Å². The van der Waals surface area contributed by atoms with Crippen molar-refractivity contribution in [3.8, 4) is 0 Å². The van der Waals surface area contributed by atoms with Crippen molar-refractivity contribution in [2.75, 3.05) is 13.6 Å². The van der Waals surface area contributed by atoms with E-state index in [1.54, 1.807) is 6.07 Å². The maximum atomic E-state index is 5.96. The van der Waals surface area contributed by atoms with E-state index in [-0.39, 0.29) is 6.04 Å². The van der Waals surface area contributed by atoms with Gasteiger partial charge >= 0.3 is 0 Å². The van der Waals surface area contributed by atoms with Crippen LogP contribution >= 0.6 is 23.2 Å². The highest BCUT2D eigenvalue weighted by Gasteiger charge is 2.24. The van der Waals surface area contributed by atoms with Gasteiger partial charge in [0.2, 0.25) is 0 Å². The third kappa shape index (κ3) is 1.90. The van der Waals surface area contributed by atoms with Crippen molar-refractivity contribution in [1.82, 2.24) is 4.90 Å². The summed E-state index contributed by atoms with van der Waals surface area (Å²) in [4.78, 5) is 6.10. The van der Waals surface area contributed by atoms with Gasteiger partial charge in [0, 0.05) is 7.05 Å². The smallest absolute Gasteiger partial charge is 0.191 e. The minimum Gasteiger partial charge on any atom is -0.370 e. The molecule has 1 aromatic carbocycles. The third-order valence-corrected chi connectivity index (χ3v) is 3.32. The molecule has 80 valence electrons. The van der Waals surface area contributed by atoms with E-state index >= 15 is 0 Å². The molecular weight excluding hydrogens is 233 g/mol. The molecule has 1 atom stereocenters. The summed E-state index contributed by atoms with van der Waals surface area (Å²) in [5.74, 6) is 0.561. The molecule has 0 amide bonds. The van der Waals surface area contributed by atoms with Crippen molar-refractivity contribution in [2.45, 2.75) is 6.04 Å². The first-order valence-electron chi connectivity index (χ1n) is 4.57. The normalized spacial score (nSPS) is 20.6. The lowest BCUT2D eigenvalue weighted by atomic mass is 10.1. The fraction of sp³-hybridized carbons (Fsp3) is 0.300. The minimum absolute atomic E-state index is 0.166. The minimum atomic E-state index is 0.166. The van der Waals surface area contributed by atoms with E-state index in [1.807, 2.05) is 24.1 Å². The molecule has 0 bridgehead atoms. The van der Waals surface area contributed by atoms with E-state index in [2.05, 4.69) is 4.99 Å². The first-order chi connectivity index (χ1) is 7.09. The van der Waals surface area contributed by atoms with Gasteiger partial charge in [0.1, 0.15) is 0 Å². The molecule has 5 heteroatoms. The van der Waals surface area contributed by atoms with E-state index in [4.69, 9.17) is 28.9 Å². The van der Waals surface area contributed by atoms with Gasteiger partial charge in [-0.1, -0.05) is 29.3 Å². The predicted molar refractivity (Wildman–Crippen MR) is 63.5 cm³/mol. The first-order valence-corrected chi connectivity index (χ1v) is 5.33. The molecular formula is C10H11Cl2N3. The summed E-state index contributed by atoms with van der Waals surface area (Å²) >= 11 is 11.8. The predicted octanol–water partition coefficient (Wildman–Crippen LogP) is 2.29. The van der Waals surface area contributed by atoms with Crippen LogP contribution in [0.3, 0.4) is 0 Å². The molecule has 0 radical (unpaired) electrons. The van der Waals surface area contributed by atoms with Crippen LogP contribution in [0.1, 0.15) is 11.6 Å². The number of nitrogens with zero attached hydrogens (tertiary/aromatic N) is 2. The highest BCUT2D eigenvalue weighted by Crippen LogP contribution is 2.29. The maximum Gasteiger partial charge on any atom is 0.191 e. The van der Waals surface area contributed by atoms with Gasteiger partial charge in [0.05, 0.1) is 22.6 Å². The molecule has 0 saturated carbocycles. The molecule has 0 aliphatic carbocycles. The van der Waals surface area contributed by atoms with E-state index in [0.29, 0.717) is 22.5 Å². The molecule has 1 aliphatic heterocycles. The Labute approximate surface area is 98.5 Å². The Balaban J connectivity index is 2.28. The molecule has 0 spiro atoms. The monoisotopic (exact) mass is 243 g/mol. The Kier molecular flexibility index (Phi) is 2.76. The van der Waals surface area contributed by atoms with Gasteiger partial charge in [-0.25, -0.2) is 0 Å². The number of hydrogen-bond donors (Lipinski definition) is 1. The summed E-state index contributed by atoms with van der Waals surface area (Å²) in [6.45, 7) is 0.667. The second kappa shape index (κ2) is 3.91. The van der Waals surface area contributed by atoms with E-state index in [1.165, 1.54) is 0 Å². The molecule has 3 nitrogen and oxygen atoms in total. The molecule has 2 N–H and O–H groups in total. The summed E-state index contributed by atoms with van der Waals surface area (Å²) < 4.78 is 0. The largest absolute Gasteiger partial charge is 0.370 e.